The molecule has 6 heterocycles. The second-order valence-corrected chi connectivity index (χ2v) is 7.17. The smallest absolute Gasteiger partial charge is 0.237 e. The van der Waals surface area contributed by atoms with Crippen LogP contribution in [-0.2, 0) is 4.74 Å². The van der Waals surface area contributed by atoms with E-state index in [-0.39, 0.29) is 6.04 Å². The largest absolute Gasteiger partial charge is 0.381 e. The first-order valence-corrected chi connectivity index (χ1v) is 9.49. The van der Waals surface area contributed by atoms with Gasteiger partial charge in [0.1, 0.15) is 18.2 Å². The molecule has 1 fully saturated rings. The topological polar surface area (TPSA) is 112 Å². The molecule has 0 aromatic carbocycles. The third kappa shape index (κ3) is 2.54. The molecule has 6 rings (SSSR count). The number of aryl methyl sites for hydroxylation is 1. The monoisotopic (exact) mass is 390 g/mol. The van der Waals surface area contributed by atoms with E-state index in [1.807, 2.05) is 23.6 Å². The summed E-state index contributed by atoms with van der Waals surface area (Å²) in [6.07, 6.45) is 8.76. The highest BCUT2D eigenvalue weighted by atomic mass is 16.5. The Kier molecular flexibility index (Phi) is 3.50. The van der Waals surface area contributed by atoms with E-state index in [9.17, 15) is 0 Å². The second-order valence-electron chi connectivity index (χ2n) is 7.17. The van der Waals surface area contributed by atoms with Gasteiger partial charge in [-0.05, 0) is 31.4 Å². The summed E-state index contributed by atoms with van der Waals surface area (Å²) in [4.78, 5) is 13.6. The molecule has 0 amide bonds. The predicted octanol–water partition coefficient (Wildman–Crippen LogP) is 1.92. The SMILES string of the molecule is Cc1cc2ncnn2cc1Nc1ncc2c(n1)n(C1CCOCC1)c1nncn21. The van der Waals surface area contributed by atoms with Crippen LogP contribution in [0.15, 0.2) is 31.1 Å². The Morgan fingerprint density at radius 3 is 3.00 bits per heavy atom. The number of anilines is 2. The molecular weight excluding hydrogens is 372 g/mol. The molecule has 0 bridgehead atoms. The molecule has 0 aliphatic carbocycles. The van der Waals surface area contributed by atoms with Crippen molar-refractivity contribution in [2.75, 3.05) is 18.5 Å². The molecule has 11 heteroatoms. The molecule has 0 radical (unpaired) electrons. The zero-order valence-electron chi connectivity index (χ0n) is 15.7. The van der Waals surface area contributed by atoms with Gasteiger partial charge < -0.3 is 10.1 Å². The molecule has 11 nitrogen and oxygen atoms in total. The first-order valence-electron chi connectivity index (χ1n) is 9.49. The summed E-state index contributed by atoms with van der Waals surface area (Å²) in [6.45, 7) is 3.48. The first-order chi connectivity index (χ1) is 14.3. The number of imidazole rings is 1. The molecule has 1 aliphatic rings. The maximum atomic E-state index is 5.53. The Bertz CT molecular complexity index is 1340. The van der Waals surface area contributed by atoms with Gasteiger partial charge in [0.2, 0.25) is 11.7 Å². The predicted molar refractivity (Wildman–Crippen MR) is 104 cm³/mol. The average Bonchev–Trinajstić information content (AvgIpc) is 3.44. The van der Waals surface area contributed by atoms with E-state index >= 15 is 0 Å². The molecule has 0 unspecified atom stereocenters. The fourth-order valence-corrected chi connectivity index (χ4v) is 3.92. The zero-order valence-corrected chi connectivity index (χ0v) is 15.7. The van der Waals surface area contributed by atoms with E-state index in [0.29, 0.717) is 5.95 Å². The van der Waals surface area contributed by atoms with Crippen molar-refractivity contribution in [3.8, 4) is 0 Å². The van der Waals surface area contributed by atoms with E-state index in [2.05, 4.69) is 35.1 Å². The van der Waals surface area contributed by atoms with E-state index in [1.165, 1.54) is 6.33 Å². The minimum atomic E-state index is 0.268. The van der Waals surface area contributed by atoms with Crippen molar-refractivity contribution in [2.24, 2.45) is 0 Å². The van der Waals surface area contributed by atoms with Crippen molar-refractivity contribution in [3.63, 3.8) is 0 Å². The van der Waals surface area contributed by atoms with Gasteiger partial charge in [0.15, 0.2) is 11.3 Å². The molecular formula is C18H18N10O. The molecule has 1 saturated heterocycles. The van der Waals surface area contributed by atoms with Gasteiger partial charge in [-0.1, -0.05) is 0 Å². The van der Waals surface area contributed by atoms with Crippen molar-refractivity contribution in [1.29, 1.82) is 0 Å². The summed E-state index contributed by atoms with van der Waals surface area (Å²) in [5.41, 5.74) is 4.42. The van der Waals surface area contributed by atoms with Crippen LogP contribution < -0.4 is 5.32 Å². The Balaban J connectivity index is 1.47. The van der Waals surface area contributed by atoms with Crippen LogP contribution in [0.3, 0.4) is 0 Å². The average molecular weight is 390 g/mol. The van der Waals surface area contributed by atoms with Crippen LogP contribution in [0.2, 0.25) is 0 Å². The lowest BCUT2D eigenvalue weighted by molar-refractivity contribution is 0.0713. The maximum Gasteiger partial charge on any atom is 0.237 e. The number of ether oxygens (including phenoxy) is 1. The third-order valence-electron chi connectivity index (χ3n) is 5.41. The number of hydrogen-bond acceptors (Lipinski definition) is 8. The molecule has 0 saturated carbocycles. The molecule has 5 aromatic heterocycles. The number of pyridine rings is 1. The number of nitrogens with one attached hydrogen (secondary N) is 1. The van der Waals surface area contributed by atoms with Crippen molar-refractivity contribution >= 4 is 34.2 Å². The van der Waals surface area contributed by atoms with Crippen LogP contribution >= 0.6 is 0 Å². The van der Waals surface area contributed by atoms with Crippen LogP contribution in [0.5, 0.6) is 0 Å². The van der Waals surface area contributed by atoms with Crippen LogP contribution in [0.25, 0.3) is 22.6 Å². The van der Waals surface area contributed by atoms with Crippen molar-refractivity contribution in [3.05, 3.63) is 36.7 Å². The number of hydrogen-bond donors (Lipinski definition) is 1. The van der Waals surface area contributed by atoms with Gasteiger partial charge in [-0.2, -0.15) is 10.1 Å². The van der Waals surface area contributed by atoms with Crippen LogP contribution in [0, 0.1) is 6.92 Å². The van der Waals surface area contributed by atoms with Gasteiger partial charge in [0, 0.05) is 19.3 Å². The van der Waals surface area contributed by atoms with Gasteiger partial charge in [-0.15, -0.1) is 10.2 Å². The minimum absolute atomic E-state index is 0.268. The van der Waals surface area contributed by atoms with Crippen LogP contribution in [0.1, 0.15) is 24.4 Å². The summed E-state index contributed by atoms with van der Waals surface area (Å²) < 4.78 is 11.3. The third-order valence-corrected chi connectivity index (χ3v) is 5.41. The van der Waals surface area contributed by atoms with Crippen LogP contribution in [0.4, 0.5) is 11.6 Å². The quantitative estimate of drug-likeness (QED) is 0.497. The van der Waals surface area contributed by atoms with Gasteiger partial charge in [-0.25, -0.2) is 14.5 Å². The normalized spacial score (nSPS) is 15.6. The lowest BCUT2D eigenvalue weighted by Gasteiger charge is -2.23. The number of fused-ring (bicyclic) bond motifs is 4. The molecule has 0 spiro atoms. The van der Waals surface area contributed by atoms with Crippen molar-refractivity contribution in [1.82, 2.24) is 43.7 Å². The fraction of sp³-hybridized carbons (Fsp3) is 0.333. The van der Waals surface area contributed by atoms with Gasteiger partial charge in [0.25, 0.3) is 0 Å². The lowest BCUT2D eigenvalue weighted by Crippen LogP contribution is -2.20. The lowest BCUT2D eigenvalue weighted by atomic mass is 10.1. The van der Waals surface area contributed by atoms with Crippen molar-refractivity contribution in [2.45, 2.75) is 25.8 Å². The van der Waals surface area contributed by atoms with E-state index in [1.54, 1.807) is 17.0 Å². The molecule has 5 aromatic rings. The minimum Gasteiger partial charge on any atom is -0.381 e. The summed E-state index contributed by atoms with van der Waals surface area (Å²) in [5, 5.41) is 15.9. The van der Waals surface area contributed by atoms with Crippen LogP contribution in [-0.4, -0.2) is 56.9 Å². The summed E-state index contributed by atoms with van der Waals surface area (Å²) >= 11 is 0. The Labute approximate surface area is 164 Å². The summed E-state index contributed by atoms with van der Waals surface area (Å²) in [7, 11) is 0. The zero-order chi connectivity index (χ0) is 19.4. The Morgan fingerprint density at radius 1 is 1.21 bits per heavy atom. The Morgan fingerprint density at radius 2 is 2.10 bits per heavy atom. The second kappa shape index (κ2) is 6.21. The van der Waals surface area contributed by atoms with E-state index in [0.717, 1.165) is 59.9 Å². The molecule has 1 aliphatic heterocycles. The molecule has 29 heavy (non-hydrogen) atoms. The fourth-order valence-electron chi connectivity index (χ4n) is 3.92. The summed E-state index contributed by atoms with van der Waals surface area (Å²) in [5.74, 6) is 1.29. The number of aromatic nitrogens is 9. The maximum absolute atomic E-state index is 5.53. The highest BCUT2D eigenvalue weighted by Gasteiger charge is 2.24. The molecule has 146 valence electrons. The highest BCUT2D eigenvalue weighted by molar-refractivity contribution is 5.78. The highest BCUT2D eigenvalue weighted by Crippen LogP contribution is 2.29. The van der Waals surface area contributed by atoms with Crippen molar-refractivity contribution < 1.29 is 4.74 Å². The number of nitrogens with zero attached hydrogens (tertiary/aromatic N) is 9. The Hall–Kier alpha value is -3.60. The standard InChI is InChI=1S/C18H18N10O/c1-11-6-15-20-9-22-27(15)8-13(11)23-17-19-7-14-16(24-17)28(12-2-4-29-5-3-12)18-25-21-10-26(14)18/h6-10,12H,2-5H2,1H3,(H,19,23,24). The van der Waals surface area contributed by atoms with Gasteiger partial charge >= 0.3 is 0 Å². The molecule has 1 N–H and O–H groups in total. The van der Waals surface area contributed by atoms with E-state index < -0.39 is 0 Å². The summed E-state index contributed by atoms with van der Waals surface area (Å²) in [6, 6.07) is 2.24. The first kappa shape index (κ1) is 16.4. The molecule has 0 atom stereocenters. The van der Waals surface area contributed by atoms with E-state index in [4.69, 9.17) is 9.72 Å². The number of rotatable bonds is 3. The van der Waals surface area contributed by atoms with Gasteiger partial charge in [-0.3, -0.25) is 8.97 Å². The van der Waals surface area contributed by atoms with Gasteiger partial charge in [0.05, 0.1) is 18.1 Å².